The Kier molecular flexibility index (Phi) is 13.9. The predicted molar refractivity (Wildman–Crippen MR) is 75.9 cm³/mol. The van der Waals surface area contributed by atoms with Crippen molar-refractivity contribution < 1.29 is 4.74 Å². The molecule has 0 aliphatic heterocycles. The monoisotopic (exact) mass is 329 g/mol. The van der Waals surface area contributed by atoms with Crippen LogP contribution < -0.4 is 11.1 Å². The number of nitrogens with two attached hydrogens (primary N) is 1. The standard InChI is InChI=1S/C10H23N3O.HI/c1-4-5-6-7-12-10(11)13-9(2)8-14-3;/h9H,4-8H2,1-3H3,(H3,11,12,13);1H. The number of guanidine groups is 1. The number of hydrogen-bond donors (Lipinski definition) is 2. The van der Waals surface area contributed by atoms with Gasteiger partial charge in [-0.2, -0.15) is 0 Å². The van der Waals surface area contributed by atoms with Gasteiger partial charge in [0.05, 0.1) is 6.61 Å². The van der Waals surface area contributed by atoms with Crippen LogP contribution in [0.4, 0.5) is 0 Å². The van der Waals surface area contributed by atoms with Gasteiger partial charge in [-0.1, -0.05) is 19.8 Å². The molecule has 5 heteroatoms. The number of nitrogens with one attached hydrogen (secondary N) is 1. The van der Waals surface area contributed by atoms with Crippen molar-refractivity contribution in [1.82, 2.24) is 5.32 Å². The molecule has 0 aromatic rings. The number of hydrogen-bond acceptors (Lipinski definition) is 2. The number of halogens is 1. The molecule has 0 bridgehead atoms. The molecular formula is C10H24IN3O. The Balaban J connectivity index is 0. The minimum atomic E-state index is 0. The summed E-state index contributed by atoms with van der Waals surface area (Å²) in [5, 5.41) is 3.06. The van der Waals surface area contributed by atoms with Gasteiger partial charge >= 0.3 is 0 Å². The quantitative estimate of drug-likeness (QED) is 0.324. The number of rotatable bonds is 7. The molecule has 1 atom stereocenters. The smallest absolute Gasteiger partial charge is 0.188 e. The lowest BCUT2D eigenvalue weighted by atomic mass is 10.2. The summed E-state index contributed by atoms with van der Waals surface area (Å²) >= 11 is 0. The Morgan fingerprint density at radius 1 is 1.47 bits per heavy atom. The number of methoxy groups -OCH3 is 1. The van der Waals surface area contributed by atoms with Crippen molar-refractivity contribution in [2.24, 2.45) is 10.7 Å². The van der Waals surface area contributed by atoms with E-state index in [1.54, 1.807) is 7.11 Å². The molecule has 0 radical (unpaired) electrons. The van der Waals surface area contributed by atoms with Gasteiger partial charge in [-0.05, 0) is 13.3 Å². The van der Waals surface area contributed by atoms with E-state index >= 15 is 0 Å². The van der Waals surface area contributed by atoms with Crippen LogP contribution >= 0.6 is 24.0 Å². The average molecular weight is 329 g/mol. The zero-order valence-corrected chi connectivity index (χ0v) is 12.3. The van der Waals surface area contributed by atoms with Crippen LogP contribution in [0.1, 0.15) is 33.1 Å². The highest BCUT2D eigenvalue weighted by molar-refractivity contribution is 14.0. The SMILES string of the molecule is CCCCCN=C(N)NC(C)COC.I. The van der Waals surface area contributed by atoms with Crippen LogP contribution in [-0.4, -0.2) is 32.3 Å². The third-order valence-electron chi connectivity index (χ3n) is 1.85. The molecule has 1 unspecified atom stereocenters. The van der Waals surface area contributed by atoms with Crippen LogP contribution in [0.5, 0.6) is 0 Å². The van der Waals surface area contributed by atoms with Gasteiger partial charge in [0.1, 0.15) is 0 Å². The minimum Gasteiger partial charge on any atom is -0.383 e. The van der Waals surface area contributed by atoms with E-state index in [9.17, 15) is 0 Å². The van der Waals surface area contributed by atoms with E-state index in [0.29, 0.717) is 12.6 Å². The van der Waals surface area contributed by atoms with Crippen molar-refractivity contribution in [2.75, 3.05) is 20.3 Å². The number of nitrogens with zero attached hydrogens (tertiary/aromatic N) is 1. The molecule has 0 saturated carbocycles. The molecule has 92 valence electrons. The second kappa shape index (κ2) is 12.0. The van der Waals surface area contributed by atoms with E-state index in [0.717, 1.165) is 13.0 Å². The molecule has 0 aromatic heterocycles. The zero-order chi connectivity index (χ0) is 10.8. The van der Waals surface area contributed by atoms with Crippen LogP contribution in [0.3, 0.4) is 0 Å². The molecule has 0 amide bonds. The third-order valence-corrected chi connectivity index (χ3v) is 1.85. The topological polar surface area (TPSA) is 59.6 Å². The Morgan fingerprint density at radius 2 is 2.13 bits per heavy atom. The van der Waals surface area contributed by atoms with Gasteiger partial charge in [0.15, 0.2) is 5.96 Å². The lowest BCUT2D eigenvalue weighted by Gasteiger charge is -2.12. The molecule has 0 heterocycles. The zero-order valence-electron chi connectivity index (χ0n) is 9.95. The van der Waals surface area contributed by atoms with Crippen LogP contribution in [-0.2, 0) is 4.74 Å². The first-order valence-electron chi connectivity index (χ1n) is 5.26. The van der Waals surface area contributed by atoms with Crippen molar-refractivity contribution in [3.05, 3.63) is 0 Å². The maximum atomic E-state index is 5.67. The van der Waals surface area contributed by atoms with Gasteiger partial charge in [0, 0.05) is 19.7 Å². The molecule has 0 aliphatic rings. The van der Waals surface area contributed by atoms with Gasteiger partial charge in [-0.15, -0.1) is 24.0 Å². The van der Waals surface area contributed by atoms with Gasteiger partial charge in [0.2, 0.25) is 0 Å². The van der Waals surface area contributed by atoms with E-state index in [-0.39, 0.29) is 30.0 Å². The number of aliphatic imine (C=N–C) groups is 1. The van der Waals surface area contributed by atoms with Crippen molar-refractivity contribution in [2.45, 2.75) is 39.2 Å². The van der Waals surface area contributed by atoms with Crippen LogP contribution in [0.15, 0.2) is 4.99 Å². The van der Waals surface area contributed by atoms with Crippen LogP contribution in [0.2, 0.25) is 0 Å². The molecule has 0 saturated heterocycles. The Labute approximate surface area is 110 Å². The normalized spacial score (nSPS) is 13.1. The molecular weight excluding hydrogens is 305 g/mol. The van der Waals surface area contributed by atoms with Gasteiger partial charge in [0.25, 0.3) is 0 Å². The van der Waals surface area contributed by atoms with E-state index in [1.807, 2.05) is 6.92 Å². The van der Waals surface area contributed by atoms with Crippen LogP contribution in [0, 0.1) is 0 Å². The van der Waals surface area contributed by atoms with Gasteiger partial charge in [-0.3, -0.25) is 4.99 Å². The molecule has 15 heavy (non-hydrogen) atoms. The van der Waals surface area contributed by atoms with Crippen molar-refractivity contribution in [3.63, 3.8) is 0 Å². The third kappa shape index (κ3) is 11.9. The maximum Gasteiger partial charge on any atom is 0.188 e. The largest absolute Gasteiger partial charge is 0.383 e. The molecule has 0 aliphatic carbocycles. The summed E-state index contributed by atoms with van der Waals surface area (Å²) in [6, 6.07) is 0.218. The Hall–Kier alpha value is -0.0400. The fourth-order valence-electron chi connectivity index (χ4n) is 1.15. The van der Waals surface area contributed by atoms with Gasteiger partial charge < -0.3 is 15.8 Å². The summed E-state index contributed by atoms with van der Waals surface area (Å²) in [6.07, 6.45) is 3.53. The summed E-state index contributed by atoms with van der Waals surface area (Å²) in [5.74, 6) is 0.519. The maximum absolute atomic E-state index is 5.67. The molecule has 0 rings (SSSR count). The molecule has 0 aromatic carbocycles. The van der Waals surface area contributed by atoms with Crippen molar-refractivity contribution >= 4 is 29.9 Å². The summed E-state index contributed by atoms with van der Waals surface area (Å²) < 4.78 is 4.97. The molecule has 0 spiro atoms. The fraction of sp³-hybridized carbons (Fsp3) is 0.900. The summed E-state index contributed by atoms with van der Waals surface area (Å²) in [5.41, 5.74) is 5.67. The van der Waals surface area contributed by atoms with Gasteiger partial charge in [-0.25, -0.2) is 0 Å². The number of ether oxygens (including phenoxy) is 1. The number of unbranched alkanes of at least 4 members (excludes halogenated alkanes) is 2. The highest BCUT2D eigenvalue weighted by Gasteiger charge is 2.00. The Bertz CT molecular complexity index is 165. The molecule has 0 fully saturated rings. The first-order chi connectivity index (χ1) is 6.70. The van der Waals surface area contributed by atoms with Crippen molar-refractivity contribution in [3.8, 4) is 0 Å². The fourth-order valence-corrected chi connectivity index (χ4v) is 1.15. The van der Waals surface area contributed by atoms with Crippen LogP contribution in [0.25, 0.3) is 0 Å². The first-order valence-corrected chi connectivity index (χ1v) is 5.26. The average Bonchev–Trinajstić information content (AvgIpc) is 2.13. The second-order valence-corrected chi connectivity index (χ2v) is 3.47. The Morgan fingerprint density at radius 3 is 2.67 bits per heavy atom. The van der Waals surface area contributed by atoms with Crippen molar-refractivity contribution in [1.29, 1.82) is 0 Å². The molecule has 4 nitrogen and oxygen atoms in total. The predicted octanol–water partition coefficient (Wildman–Crippen LogP) is 1.73. The minimum absolute atomic E-state index is 0. The summed E-state index contributed by atoms with van der Waals surface area (Å²) in [4.78, 5) is 4.21. The lowest BCUT2D eigenvalue weighted by Crippen LogP contribution is -2.40. The van der Waals surface area contributed by atoms with E-state index in [1.165, 1.54) is 12.8 Å². The van der Waals surface area contributed by atoms with E-state index in [4.69, 9.17) is 10.5 Å². The first kappa shape index (κ1) is 17.4. The highest BCUT2D eigenvalue weighted by Crippen LogP contribution is 1.93. The lowest BCUT2D eigenvalue weighted by molar-refractivity contribution is 0.179. The summed E-state index contributed by atoms with van der Waals surface area (Å²) in [6.45, 7) is 5.64. The molecule has 3 N–H and O–H groups in total. The summed E-state index contributed by atoms with van der Waals surface area (Å²) in [7, 11) is 1.67. The highest BCUT2D eigenvalue weighted by atomic mass is 127. The van der Waals surface area contributed by atoms with E-state index in [2.05, 4.69) is 17.2 Å². The second-order valence-electron chi connectivity index (χ2n) is 3.47. The van der Waals surface area contributed by atoms with E-state index < -0.39 is 0 Å².